The Bertz CT molecular complexity index is 82.2. The molecular formula is C3H3Br3O. The summed E-state index contributed by atoms with van der Waals surface area (Å²) in [4.78, 5) is 0. The highest BCUT2D eigenvalue weighted by Gasteiger charge is 2.51. The van der Waals surface area contributed by atoms with Gasteiger partial charge in [0, 0.05) is 5.33 Å². The van der Waals surface area contributed by atoms with Crippen LogP contribution in [0.5, 0.6) is 0 Å². The number of ether oxygens (including phenoxy) is 1. The first kappa shape index (κ1) is 6.52. The summed E-state index contributed by atoms with van der Waals surface area (Å²) >= 11 is 9.82. The molecule has 1 unspecified atom stereocenters. The van der Waals surface area contributed by atoms with Crippen molar-refractivity contribution in [3.8, 4) is 0 Å². The lowest BCUT2D eigenvalue weighted by molar-refractivity contribution is 0.411. The van der Waals surface area contributed by atoms with Gasteiger partial charge in [0.15, 0.2) is 0 Å². The number of rotatable bonds is 1. The molecule has 1 atom stereocenters. The summed E-state index contributed by atoms with van der Waals surface area (Å²) in [5.74, 6) is 0. The highest BCUT2D eigenvalue weighted by atomic mass is 79.9. The van der Waals surface area contributed by atoms with E-state index in [1.165, 1.54) is 0 Å². The first-order valence-electron chi connectivity index (χ1n) is 1.78. The smallest absolute Gasteiger partial charge is 0.205 e. The fourth-order valence-corrected chi connectivity index (χ4v) is 2.51. The van der Waals surface area contributed by atoms with Crippen LogP contribution in [0.4, 0.5) is 0 Å². The first-order valence-corrected chi connectivity index (χ1v) is 4.49. The van der Waals surface area contributed by atoms with Gasteiger partial charge in [-0.3, -0.25) is 0 Å². The highest BCUT2D eigenvalue weighted by molar-refractivity contribution is 9.25. The quantitative estimate of drug-likeness (QED) is 0.534. The van der Waals surface area contributed by atoms with Crippen LogP contribution in [0.3, 0.4) is 0 Å². The van der Waals surface area contributed by atoms with Gasteiger partial charge in [-0.15, -0.1) is 0 Å². The SMILES string of the molecule is BrCC1OC1(Br)Br. The molecule has 7 heavy (non-hydrogen) atoms. The van der Waals surface area contributed by atoms with Gasteiger partial charge in [-0.25, -0.2) is 0 Å². The molecule has 1 nitrogen and oxygen atoms in total. The van der Waals surface area contributed by atoms with Crippen molar-refractivity contribution in [2.75, 3.05) is 5.33 Å². The monoisotopic (exact) mass is 292 g/mol. The van der Waals surface area contributed by atoms with Crippen LogP contribution < -0.4 is 0 Å². The van der Waals surface area contributed by atoms with E-state index in [0.29, 0.717) is 6.10 Å². The van der Waals surface area contributed by atoms with Crippen LogP contribution in [0.2, 0.25) is 0 Å². The lowest BCUT2D eigenvalue weighted by Crippen LogP contribution is -1.93. The van der Waals surface area contributed by atoms with Crippen LogP contribution in [0, 0.1) is 0 Å². The van der Waals surface area contributed by atoms with Gasteiger partial charge in [-0.1, -0.05) is 15.9 Å². The molecule has 0 saturated carbocycles. The summed E-state index contributed by atoms with van der Waals surface area (Å²) in [6, 6.07) is 0. The van der Waals surface area contributed by atoms with E-state index in [4.69, 9.17) is 4.74 Å². The van der Waals surface area contributed by atoms with E-state index in [1.54, 1.807) is 0 Å². The second-order valence-electron chi connectivity index (χ2n) is 1.32. The van der Waals surface area contributed by atoms with Gasteiger partial charge in [0.05, 0.1) is 0 Å². The average molecular weight is 295 g/mol. The average Bonchev–Trinajstić information content (AvgIpc) is 2.13. The van der Waals surface area contributed by atoms with Gasteiger partial charge in [-0.2, -0.15) is 0 Å². The normalized spacial score (nSPS) is 35.6. The van der Waals surface area contributed by atoms with Gasteiger partial charge in [0.25, 0.3) is 0 Å². The Morgan fingerprint density at radius 1 is 1.57 bits per heavy atom. The molecule has 0 aromatic heterocycles. The van der Waals surface area contributed by atoms with Crippen molar-refractivity contribution in [1.82, 2.24) is 0 Å². The van der Waals surface area contributed by atoms with Crippen molar-refractivity contribution in [1.29, 1.82) is 0 Å². The molecule has 4 heteroatoms. The molecule has 1 aliphatic heterocycles. The fraction of sp³-hybridized carbons (Fsp3) is 1.00. The maximum absolute atomic E-state index is 5.04. The third-order valence-electron chi connectivity index (χ3n) is 0.757. The molecule has 0 spiro atoms. The van der Waals surface area contributed by atoms with Gasteiger partial charge in [0.1, 0.15) is 6.10 Å². The van der Waals surface area contributed by atoms with E-state index >= 15 is 0 Å². The Labute approximate surface area is 67.2 Å². The summed E-state index contributed by atoms with van der Waals surface area (Å²) in [5.41, 5.74) is 0. The van der Waals surface area contributed by atoms with Crippen LogP contribution in [0.25, 0.3) is 0 Å². The summed E-state index contributed by atoms with van der Waals surface area (Å²) in [6.45, 7) is 0. The van der Waals surface area contributed by atoms with E-state index in [2.05, 4.69) is 47.8 Å². The predicted octanol–water partition coefficient (Wildman–Crippen LogP) is 2.22. The van der Waals surface area contributed by atoms with Crippen LogP contribution >= 0.6 is 47.8 Å². The van der Waals surface area contributed by atoms with Crippen molar-refractivity contribution in [3.63, 3.8) is 0 Å². The third-order valence-corrected chi connectivity index (χ3v) is 2.74. The van der Waals surface area contributed by atoms with Crippen molar-refractivity contribution in [2.24, 2.45) is 0 Å². The molecule has 0 radical (unpaired) electrons. The number of alkyl halides is 3. The fourth-order valence-electron chi connectivity index (χ4n) is 0.277. The Morgan fingerprint density at radius 2 is 2.00 bits per heavy atom. The standard InChI is InChI=1S/C3H3Br3O/c4-1-2-3(5,6)7-2/h2H,1H2. The van der Waals surface area contributed by atoms with Crippen molar-refractivity contribution in [3.05, 3.63) is 0 Å². The molecule has 1 saturated heterocycles. The second kappa shape index (κ2) is 1.97. The Hall–Kier alpha value is 1.40. The van der Waals surface area contributed by atoms with Crippen molar-refractivity contribution < 1.29 is 4.74 Å². The third kappa shape index (κ3) is 1.40. The zero-order valence-corrected chi connectivity index (χ0v) is 8.08. The molecule has 0 N–H and O–H groups in total. The zero-order valence-electron chi connectivity index (χ0n) is 3.33. The van der Waals surface area contributed by atoms with E-state index < -0.39 is 0 Å². The molecule has 0 aromatic rings. The van der Waals surface area contributed by atoms with Crippen LogP contribution in [0.1, 0.15) is 0 Å². The zero-order chi connectivity index (χ0) is 5.49. The largest absolute Gasteiger partial charge is 0.342 e. The Kier molecular flexibility index (Phi) is 1.84. The molecule has 1 heterocycles. The summed E-state index contributed by atoms with van der Waals surface area (Å²) in [7, 11) is 0. The molecule has 0 bridgehead atoms. The van der Waals surface area contributed by atoms with Gasteiger partial charge < -0.3 is 4.74 Å². The van der Waals surface area contributed by atoms with Crippen LogP contribution in [-0.2, 0) is 4.74 Å². The molecule has 0 amide bonds. The van der Waals surface area contributed by atoms with E-state index in [-0.39, 0.29) is 3.42 Å². The lowest BCUT2D eigenvalue weighted by atomic mass is 10.6. The van der Waals surface area contributed by atoms with Crippen molar-refractivity contribution >= 4 is 47.8 Å². The molecule has 0 aromatic carbocycles. The minimum atomic E-state index is -0.205. The lowest BCUT2D eigenvalue weighted by Gasteiger charge is -1.82. The number of hydrogen-bond acceptors (Lipinski definition) is 1. The first-order chi connectivity index (χ1) is 3.17. The molecule has 42 valence electrons. The van der Waals surface area contributed by atoms with Gasteiger partial charge in [0.2, 0.25) is 3.42 Å². The Balaban J connectivity index is 2.30. The summed E-state index contributed by atoms with van der Waals surface area (Å²) in [5, 5.41) is 0.878. The molecule has 0 aliphatic carbocycles. The topological polar surface area (TPSA) is 12.5 Å². The van der Waals surface area contributed by atoms with Crippen LogP contribution in [-0.4, -0.2) is 14.9 Å². The van der Waals surface area contributed by atoms with Crippen molar-refractivity contribution in [2.45, 2.75) is 9.52 Å². The Morgan fingerprint density at radius 3 is 2.00 bits per heavy atom. The maximum atomic E-state index is 5.04. The minimum absolute atomic E-state index is 0.205. The van der Waals surface area contributed by atoms with Crippen LogP contribution in [0.15, 0.2) is 0 Å². The highest BCUT2D eigenvalue weighted by Crippen LogP contribution is 2.48. The summed E-state index contributed by atoms with van der Waals surface area (Å²) < 4.78 is 4.84. The van der Waals surface area contributed by atoms with E-state index in [1.807, 2.05) is 0 Å². The number of epoxide rings is 1. The van der Waals surface area contributed by atoms with E-state index in [0.717, 1.165) is 5.33 Å². The van der Waals surface area contributed by atoms with Gasteiger partial charge in [-0.05, 0) is 31.9 Å². The van der Waals surface area contributed by atoms with Gasteiger partial charge >= 0.3 is 0 Å². The molecular weight excluding hydrogens is 292 g/mol. The predicted molar refractivity (Wildman–Crippen MR) is 39.3 cm³/mol. The maximum Gasteiger partial charge on any atom is 0.205 e. The summed E-state index contributed by atoms with van der Waals surface area (Å²) in [6.07, 6.45) is 0.299. The molecule has 1 rings (SSSR count). The second-order valence-corrected chi connectivity index (χ2v) is 5.39. The minimum Gasteiger partial charge on any atom is -0.342 e. The molecule has 1 aliphatic rings. The molecule has 1 fully saturated rings. The number of halogens is 3. The number of hydrogen-bond donors (Lipinski definition) is 0. The van der Waals surface area contributed by atoms with E-state index in [9.17, 15) is 0 Å².